The standard InChI is InChI=1S/C25H29F2N5O3S/c1-29-16-23(33)31-21(10-11-36-2)24(34)30(14-18-8-9-19(26)12-20(18)27)15-22(31)32(29)25(35)28-13-17-6-4-3-5-7-17/h3-9,12,21-22H,10-11,13-16H2,1-2H3,(H,28,35)/t21-,22-/m0/s1. The number of piperazine rings is 1. The summed E-state index contributed by atoms with van der Waals surface area (Å²) in [6, 6.07) is 11.5. The molecule has 36 heavy (non-hydrogen) atoms. The van der Waals surface area contributed by atoms with Gasteiger partial charge in [0.05, 0.1) is 13.1 Å². The summed E-state index contributed by atoms with van der Waals surface area (Å²) in [5, 5.41) is 5.89. The highest BCUT2D eigenvalue weighted by Crippen LogP contribution is 2.29. The lowest BCUT2D eigenvalue weighted by Crippen LogP contribution is -2.75. The van der Waals surface area contributed by atoms with Crippen LogP contribution in [0.5, 0.6) is 0 Å². The van der Waals surface area contributed by atoms with Crippen LogP contribution in [0.15, 0.2) is 48.5 Å². The Morgan fingerprint density at radius 3 is 2.58 bits per heavy atom. The van der Waals surface area contributed by atoms with Gasteiger partial charge in [0.25, 0.3) is 0 Å². The molecule has 0 aromatic heterocycles. The summed E-state index contributed by atoms with van der Waals surface area (Å²) in [4.78, 5) is 42.9. The van der Waals surface area contributed by atoms with Crippen LogP contribution in [-0.4, -0.2) is 82.0 Å². The molecule has 0 saturated carbocycles. The number of urea groups is 1. The third-order valence-electron chi connectivity index (χ3n) is 6.41. The highest BCUT2D eigenvalue weighted by atomic mass is 32.2. The molecule has 2 saturated heterocycles. The monoisotopic (exact) mass is 517 g/mol. The summed E-state index contributed by atoms with van der Waals surface area (Å²) in [6.45, 7) is 0.150. The Kier molecular flexibility index (Phi) is 8.10. The van der Waals surface area contributed by atoms with Gasteiger partial charge >= 0.3 is 6.03 Å². The number of nitrogens with one attached hydrogen (secondary N) is 1. The van der Waals surface area contributed by atoms with E-state index in [9.17, 15) is 23.2 Å². The second kappa shape index (κ2) is 11.3. The van der Waals surface area contributed by atoms with Crippen LogP contribution < -0.4 is 5.32 Å². The van der Waals surface area contributed by atoms with Crippen molar-refractivity contribution in [2.45, 2.75) is 31.7 Å². The van der Waals surface area contributed by atoms with Gasteiger partial charge in [-0.15, -0.1) is 0 Å². The van der Waals surface area contributed by atoms with Gasteiger partial charge in [-0.1, -0.05) is 36.4 Å². The topological polar surface area (TPSA) is 76.2 Å². The van der Waals surface area contributed by atoms with Crippen molar-refractivity contribution in [2.75, 3.05) is 32.1 Å². The van der Waals surface area contributed by atoms with Crippen LogP contribution in [0.4, 0.5) is 13.6 Å². The van der Waals surface area contributed by atoms with E-state index in [1.54, 1.807) is 23.8 Å². The van der Waals surface area contributed by atoms with Gasteiger partial charge in [0.2, 0.25) is 11.8 Å². The average Bonchev–Trinajstić information content (AvgIpc) is 2.85. The van der Waals surface area contributed by atoms with Gasteiger partial charge in [0, 0.05) is 31.8 Å². The lowest BCUT2D eigenvalue weighted by molar-refractivity contribution is -0.187. The normalized spacial score (nSPS) is 20.5. The molecule has 192 valence electrons. The first-order valence-electron chi connectivity index (χ1n) is 11.6. The van der Waals surface area contributed by atoms with Gasteiger partial charge < -0.3 is 15.1 Å². The number of hydrazine groups is 1. The zero-order chi connectivity index (χ0) is 25.8. The predicted octanol–water partition coefficient (Wildman–Crippen LogP) is 2.66. The van der Waals surface area contributed by atoms with Crippen molar-refractivity contribution in [2.24, 2.45) is 0 Å². The van der Waals surface area contributed by atoms with Gasteiger partial charge in [0.1, 0.15) is 23.8 Å². The summed E-state index contributed by atoms with van der Waals surface area (Å²) < 4.78 is 27.9. The second-order valence-corrected chi connectivity index (χ2v) is 9.82. The number of amides is 4. The van der Waals surface area contributed by atoms with Crippen molar-refractivity contribution in [1.82, 2.24) is 25.1 Å². The molecule has 0 radical (unpaired) electrons. The fraction of sp³-hybridized carbons (Fsp3) is 0.400. The van der Waals surface area contributed by atoms with Gasteiger partial charge in [-0.25, -0.2) is 23.6 Å². The zero-order valence-corrected chi connectivity index (χ0v) is 21.0. The van der Waals surface area contributed by atoms with Crippen molar-refractivity contribution in [3.8, 4) is 0 Å². The minimum Gasteiger partial charge on any atom is -0.333 e. The van der Waals surface area contributed by atoms with E-state index in [0.29, 0.717) is 18.7 Å². The number of hydrogen-bond donors (Lipinski definition) is 1. The quantitative estimate of drug-likeness (QED) is 0.611. The first kappa shape index (κ1) is 25.9. The number of halogens is 2. The summed E-state index contributed by atoms with van der Waals surface area (Å²) in [6.07, 6.45) is 1.54. The number of nitrogens with zero attached hydrogens (tertiary/aromatic N) is 4. The fourth-order valence-electron chi connectivity index (χ4n) is 4.66. The van der Waals surface area contributed by atoms with Crippen LogP contribution in [0.1, 0.15) is 17.5 Å². The lowest BCUT2D eigenvalue weighted by atomic mass is 10.0. The van der Waals surface area contributed by atoms with Gasteiger partial charge in [-0.3, -0.25) is 9.59 Å². The Morgan fingerprint density at radius 1 is 1.14 bits per heavy atom. The molecular formula is C25H29F2N5O3S. The molecule has 0 spiro atoms. The molecule has 2 aliphatic rings. The molecule has 0 bridgehead atoms. The van der Waals surface area contributed by atoms with Crippen molar-refractivity contribution in [3.05, 3.63) is 71.3 Å². The first-order valence-corrected chi connectivity index (χ1v) is 13.0. The number of rotatable bonds is 7. The number of benzene rings is 2. The highest BCUT2D eigenvalue weighted by Gasteiger charge is 2.50. The van der Waals surface area contributed by atoms with E-state index < -0.39 is 29.9 Å². The summed E-state index contributed by atoms with van der Waals surface area (Å²) in [5.74, 6) is -1.39. The predicted molar refractivity (Wildman–Crippen MR) is 132 cm³/mol. The van der Waals surface area contributed by atoms with E-state index >= 15 is 0 Å². The smallest absolute Gasteiger partial charge is 0.333 e. The van der Waals surface area contributed by atoms with Crippen LogP contribution in [-0.2, 0) is 22.7 Å². The number of carbonyl (C=O) groups excluding carboxylic acids is 3. The molecule has 1 N–H and O–H groups in total. The highest BCUT2D eigenvalue weighted by molar-refractivity contribution is 7.98. The number of carbonyl (C=O) groups is 3. The lowest BCUT2D eigenvalue weighted by Gasteiger charge is -2.54. The number of hydrogen-bond acceptors (Lipinski definition) is 5. The SMILES string of the molecule is CSCC[C@H]1C(=O)N(Cc2ccc(F)cc2F)C[C@H]2N1C(=O)CN(C)N2C(=O)NCc1ccccc1. The van der Waals surface area contributed by atoms with E-state index in [1.165, 1.54) is 20.9 Å². The molecule has 2 heterocycles. The van der Waals surface area contributed by atoms with Gasteiger partial charge in [0.15, 0.2) is 0 Å². The van der Waals surface area contributed by atoms with Crippen LogP contribution in [0.3, 0.4) is 0 Å². The number of fused-ring (bicyclic) bond motifs is 1. The number of likely N-dealkylation sites (N-methyl/N-ethyl adjacent to an activating group) is 1. The van der Waals surface area contributed by atoms with Gasteiger partial charge in [-0.05, 0) is 30.1 Å². The zero-order valence-electron chi connectivity index (χ0n) is 20.2. The maximum absolute atomic E-state index is 14.4. The molecule has 2 fully saturated rings. The Morgan fingerprint density at radius 2 is 1.89 bits per heavy atom. The maximum Gasteiger partial charge on any atom is 0.334 e. The van der Waals surface area contributed by atoms with E-state index in [0.717, 1.165) is 17.7 Å². The maximum atomic E-state index is 14.4. The van der Waals surface area contributed by atoms with Crippen LogP contribution in [0.2, 0.25) is 0 Å². The van der Waals surface area contributed by atoms with Crippen LogP contribution >= 0.6 is 11.8 Å². The molecule has 11 heteroatoms. The molecule has 2 aliphatic heterocycles. The molecule has 4 rings (SSSR count). The Bertz CT molecular complexity index is 1120. The summed E-state index contributed by atoms with van der Waals surface area (Å²) in [5.41, 5.74) is 1.08. The van der Waals surface area contributed by atoms with Crippen LogP contribution in [0.25, 0.3) is 0 Å². The minimum absolute atomic E-state index is 0.000253. The summed E-state index contributed by atoms with van der Waals surface area (Å²) in [7, 11) is 1.65. The molecule has 4 amide bonds. The molecule has 0 aliphatic carbocycles. The van der Waals surface area contributed by atoms with Gasteiger partial charge in [-0.2, -0.15) is 11.8 Å². The number of thioether (sulfide) groups is 1. The molecule has 2 aromatic rings. The largest absolute Gasteiger partial charge is 0.334 e. The molecular weight excluding hydrogens is 488 g/mol. The van der Waals surface area contributed by atoms with Crippen molar-refractivity contribution < 1.29 is 23.2 Å². The fourth-order valence-corrected chi connectivity index (χ4v) is 5.12. The Hall–Kier alpha value is -3.18. The third kappa shape index (κ3) is 5.46. The molecule has 0 unspecified atom stereocenters. The Labute approximate surface area is 213 Å². The van der Waals surface area contributed by atoms with E-state index in [-0.39, 0.29) is 37.0 Å². The molecule has 8 nitrogen and oxygen atoms in total. The van der Waals surface area contributed by atoms with Crippen LogP contribution in [0, 0.1) is 11.6 Å². The van der Waals surface area contributed by atoms with E-state index in [2.05, 4.69) is 5.32 Å². The second-order valence-electron chi connectivity index (χ2n) is 8.84. The minimum atomic E-state index is -0.787. The average molecular weight is 518 g/mol. The Balaban J connectivity index is 1.61. The van der Waals surface area contributed by atoms with Crippen molar-refractivity contribution in [1.29, 1.82) is 0 Å². The molecule has 2 atom stereocenters. The third-order valence-corrected chi connectivity index (χ3v) is 7.05. The molecule has 2 aromatic carbocycles. The first-order chi connectivity index (χ1) is 17.3. The van der Waals surface area contributed by atoms with Crippen molar-refractivity contribution in [3.63, 3.8) is 0 Å². The van der Waals surface area contributed by atoms with Crippen molar-refractivity contribution >= 4 is 29.6 Å². The van der Waals surface area contributed by atoms with E-state index in [4.69, 9.17) is 0 Å². The van der Waals surface area contributed by atoms with E-state index in [1.807, 2.05) is 36.6 Å². The summed E-state index contributed by atoms with van der Waals surface area (Å²) >= 11 is 1.55.